The first-order valence-corrected chi connectivity index (χ1v) is 11.0. The third kappa shape index (κ3) is 5.72. The molecule has 1 aliphatic rings. The number of thiophene rings is 1. The van der Waals surface area contributed by atoms with E-state index in [0.717, 1.165) is 45.2 Å². The van der Waals surface area contributed by atoms with Crippen molar-refractivity contribution in [3.63, 3.8) is 0 Å². The van der Waals surface area contributed by atoms with Crippen LogP contribution in [-0.4, -0.2) is 37.4 Å². The molecule has 0 unspecified atom stereocenters. The lowest BCUT2D eigenvalue weighted by atomic mass is 9.86. The number of sulfonamides is 1. The maximum atomic E-state index is 12.2. The topological polar surface area (TPSA) is 78.4 Å². The van der Waals surface area contributed by atoms with E-state index in [2.05, 4.69) is 10.0 Å². The molecule has 138 valence electrons. The quantitative estimate of drug-likeness (QED) is 0.641. The van der Waals surface area contributed by atoms with E-state index >= 15 is 0 Å². The molecule has 0 aliphatic heterocycles. The van der Waals surface area contributed by atoms with Crippen molar-refractivity contribution < 1.29 is 13.5 Å². The average molecular weight is 375 g/mol. The van der Waals surface area contributed by atoms with Gasteiger partial charge in [-0.15, -0.1) is 11.3 Å². The zero-order chi connectivity index (χ0) is 17.8. The molecule has 2 rings (SSSR count). The molecule has 3 N–H and O–H groups in total. The number of hydrogen-bond acceptors (Lipinski definition) is 5. The molecule has 24 heavy (non-hydrogen) atoms. The van der Waals surface area contributed by atoms with Crippen molar-refractivity contribution in [1.29, 1.82) is 0 Å². The zero-order valence-corrected chi connectivity index (χ0v) is 16.5. The Morgan fingerprint density at radius 1 is 1.25 bits per heavy atom. The number of aromatic hydroxyl groups is 1. The highest BCUT2D eigenvalue weighted by Gasteiger charge is 2.32. The monoisotopic (exact) mass is 374 g/mol. The van der Waals surface area contributed by atoms with Crippen LogP contribution >= 0.6 is 11.3 Å². The van der Waals surface area contributed by atoms with Gasteiger partial charge in [-0.3, -0.25) is 0 Å². The fourth-order valence-corrected chi connectivity index (χ4v) is 4.68. The van der Waals surface area contributed by atoms with Gasteiger partial charge in [0.15, 0.2) is 0 Å². The summed E-state index contributed by atoms with van der Waals surface area (Å²) in [6.07, 6.45) is 4.89. The van der Waals surface area contributed by atoms with Gasteiger partial charge in [-0.2, -0.15) is 0 Å². The normalized spacial score (nSPS) is 22.6. The Hall–Kier alpha value is -0.630. The van der Waals surface area contributed by atoms with Crippen LogP contribution in [0.1, 0.15) is 51.3 Å². The summed E-state index contributed by atoms with van der Waals surface area (Å²) in [6, 6.07) is 1.90. The van der Waals surface area contributed by atoms with E-state index < -0.39 is 14.8 Å². The van der Waals surface area contributed by atoms with Crippen LogP contribution in [0.3, 0.4) is 0 Å². The molecule has 5 nitrogen and oxygen atoms in total. The molecule has 0 saturated heterocycles. The molecule has 0 aromatic carbocycles. The van der Waals surface area contributed by atoms with Crippen molar-refractivity contribution in [3.8, 4) is 5.75 Å². The minimum absolute atomic E-state index is 0.0829. The van der Waals surface area contributed by atoms with Crippen molar-refractivity contribution in [3.05, 3.63) is 16.3 Å². The van der Waals surface area contributed by atoms with E-state index in [-0.39, 0.29) is 6.04 Å². The average Bonchev–Trinajstić information content (AvgIpc) is 2.89. The molecule has 7 heteroatoms. The second-order valence-electron chi connectivity index (χ2n) is 7.68. The third-order valence-electron chi connectivity index (χ3n) is 4.60. The van der Waals surface area contributed by atoms with E-state index in [0.29, 0.717) is 11.7 Å². The van der Waals surface area contributed by atoms with Crippen LogP contribution in [0.2, 0.25) is 0 Å². The van der Waals surface area contributed by atoms with Crippen LogP contribution in [0, 0.1) is 5.92 Å². The first kappa shape index (κ1) is 19.7. The Morgan fingerprint density at radius 3 is 2.46 bits per heavy atom. The third-order valence-corrected chi connectivity index (χ3v) is 7.84. The van der Waals surface area contributed by atoms with Gasteiger partial charge in [-0.05, 0) is 77.9 Å². The van der Waals surface area contributed by atoms with Crippen molar-refractivity contribution in [1.82, 2.24) is 10.0 Å². The Balaban J connectivity index is 1.64. The summed E-state index contributed by atoms with van der Waals surface area (Å²) in [5.41, 5.74) is 0. The molecule has 0 radical (unpaired) electrons. The summed E-state index contributed by atoms with van der Waals surface area (Å²) >= 11 is 1.59. The van der Waals surface area contributed by atoms with Gasteiger partial charge in [0, 0.05) is 16.3 Å². The van der Waals surface area contributed by atoms with Crippen LogP contribution in [-0.2, 0) is 16.4 Å². The molecule has 1 saturated carbocycles. The minimum atomic E-state index is -3.25. The largest absolute Gasteiger partial charge is 0.507 e. The molecule has 0 spiro atoms. The first-order valence-electron chi connectivity index (χ1n) is 8.66. The minimum Gasteiger partial charge on any atom is -0.507 e. The van der Waals surface area contributed by atoms with Crippen LogP contribution in [0.25, 0.3) is 0 Å². The van der Waals surface area contributed by atoms with Gasteiger partial charge in [0.25, 0.3) is 0 Å². The predicted octanol–water partition coefficient (Wildman–Crippen LogP) is 2.86. The van der Waals surface area contributed by atoms with Gasteiger partial charge < -0.3 is 10.4 Å². The number of nitrogens with one attached hydrogen (secondary N) is 2. The summed E-state index contributed by atoms with van der Waals surface area (Å²) in [7, 11) is -3.25. The Morgan fingerprint density at radius 2 is 1.92 bits per heavy atom. The van der Waals surface area contributed by atoms with Crippen molar-refractivity contribution in [2.24, 2.45) is 5.92 Å². The molecule has 1 aromatic heterocycles. The van der Waals surface area contributed by atoms with Gasteiger partial charge in [-0.25, -0.2) is 13.1 Å². The molecular weight excluding hydrogens is 344 g/mol. The lowest BCUT2D eigenvalue weighted by molar-refractivity contribution is 0.302. The second-order valence-corrected chi connectivity index (χ2v) is 11.1. The standard InChI is InChI=1S/C17H30N2O3S2/c1-17(2,3)24(21,22)19-14-6-4-13(5-7-14)11-18-9-8-16-10-15(20)12-23-16/h10,12-14,18-20H,4-9,11H2,1-3H3. The van der Waals surface area contributed by atoms with E-state index in [9.17, 15) is 13.5 Å². The van der Waals surface area contributed by atoms with Gasteiger partial charge in [0.1, 0.15) is 5.75 Å². The van der Waals surface area contributed by atoms with Crippen molar-refractivity contribution >= 4 is 21.4 Å². The molecule has 1 fully saturated rings. The lowest BCUT2D eigenvalue weighted by Gasteiger charge is -2.31. The highest BCUT2D eigenvalue weighted by molar-refractivity contribution is 7.90. The van der Waals surface area contributed by atoms with Crippen LogP contribution in [0.15, 0.2) is 11.4 Å². The SMILES string of the molecule is CC(C)(C)S(=O)(=O)NC1CCC(CNCCc2cc(O)cs2)CC1. The van der Waals surface area contributed by atoms with Crippen molar-refractivity contribution in [2.45, 2.75) is 63.7 Å². The van der Waals surface area contributed by atoms with Crippen LogP contribution in [0.4, 0.5) is 0 Å². The van der Waals surface area contributed by atoms with Gasteiger partial charge >= 0.3 is 0 Å². The zero-order valence-electron chi connectivity index (χ0n) is 14.8. The maximum absolute atomic E-state index is 12.2. The van der Waals surface area contributed by atoms with Crippen molar-refractivity contribution in [2.75, 3.05) is 13.1 Å². The Kier molecular flexibility index (Phi) is 6.70. The summed E-state index contributed by atoms with van der Waals surface area (Å²) in [4.78, 5) is 1.19. The van der Waals surface area contributed by atoms with Crippen LogP contribution < -0.4 is 10.0 Å². The number of hydrogen-bond donors (Lipinski definition) is 3. The fourth-order valence-electron chi connectivity index (χ4n) is 2.90. The molecular formula is C17H30N2O3S2. The predicted molar refractivity (Wildman–Crippen MR) is 100 cm³/mol. The second kappa shape index (κ2) is 8.17. The summed E-state index contributed by atoms with van der Waals surface area (Å²) < 4.78 is 26.5. The highest BCUT2D eigenvalue weighted by Crippen LogP contribution is 2.26. The summed E-state index contributed by atoms with van der Waals surface area (Å²) in [5, 5.41) is 14.6. The van der Waals surface area contributed by atoms with Gasteiger partial charge in [-0.1, -0.05) is 0 Å². The van der Waals surface area contributed by atoms with E-state index in [4.69, 9.17) is 0 Å². The highest BCUT2D eigenvalue weighted by atomic mass is 32.2. The van der Waals surface area contributed by atoms with E-state index in [1.54, 1.807) is 37.5 Å². The molecule has 1 heterocycles. The van der Waals surface area contributed by atoms with Gasteiger partial charge in [0.2, 0.25) is 10.0 Å². The van der Waals surface area contributed by atoms with E-state index in [1.165, 1.54) is 4.88 Å². The first-order chi connectivity index (χ1) is 11.2. The van der Waals surface area contributed by atoms with E-state index in [1.807, 2.05) is 6.07 Å². The molecule has 0 amide bonds. The summed E-state index contributed by atoms with van der Waals surface area (Å²) in [5.74, 6) is 0.975. The molecule has 0 atom stereocenters. The van der Waals surface area contributed by atoms with Crippen LogP contribution in [0.5, 0.6) is 5.75 Å². The summed E-state index contributed by atoms with van der Waals surface area (Å²) in [6.45, 7) is 7.10. The lowest BCUT2D eigenvalue weighted by Crippen LogP contribution is -2.46. The number of rotatable bonds is 7. The molecule has 1 aliphatic carbocycles. The maximum Gasteiger partial charge on any atom is 0.216 e. The Labute approximate surface area is 149 Å². The fraction of sp³-hybridized carbons (Fsp3) is 0.765. The smallest absolute Gasteiger partial charge is 0.216 e. The van der Waals surface area contributed by atoms with Gasteiger partial charge in [0.05, 0.1) is 4.75 Å². The molecule has 1 aromatic rings. The molecule has 0 bridgehead atoms. The Bertz CT molecular complexity index is 612.